The molecule has 2 aromatic carbocycles. The van der Waals surface area contributed by atoms with E-state index in [1.807, 2.05) is 43.5 Å². The van der Waals surface area contributed by atoms with Gasteiger partial charge in [-0.25, -0.2) is 13.4 Å². The summed E-state index contributed by atoms with van der Waals surface area (Å²) in [6.07, 6.45) is 2.69. The summed E-state index contributed by atoms with van der Waals surface area (Å²) in [5, 5.41) is 0. The lowest BCUT2D eigenvalue weighted by Gasteiger charge is -2.35. The van der Waals surface area contributed by atoms with Crippen LogP contribution in [0.15, 0.2) is 65.7 Å². The minimum atomic E-state index is -3.63. The van der Waals surface area contributed by atoms with Gasteiger partial charge in [0.25, 0.3) is 0 Å². The Hall–Kier alpha value is -3.43. The van der Waals surface area contributed by atoms with Gasteiger partial charge < -0.3 is 14.2 Å². The highest BCUT2D eigenvalue weighted by atomic mass is 32.2. The molecule has 2 aliphatic rings. The number of hydrogen-bond acceptors (Lipinski definition) is 5. The van der Waals surface area contributed by atoms with Crippen molar-refractivity contribution < 1.29 is 13.2 Å². The Morgan fingerprint density at radius 1 is 0.971 bits per heavy atom. The molecule has 0 aliphatic carbocycles. The molecule has 0 radical (unpaired) electrons. The third kappa shape index (κ3) is 3.49. The van der Waals surface area contributed by atoms with Gasteiger partial charge in [0, 0.05) is 51.0 Å². The van der Waals surface area contributed by atoms with Crippen molar-refractivity contribution in [2.75, 3.05) is 36.0 Å². The topological polar surface area (TPSA) is 78.2 Å². The Labute approximate surface area is 204 Å². The SMILES string of the molecule is CC(=O)N1c2ccc(S(=O)(=O)N3CCN(c4nc5ccccc5n5cccc45)CC3)cc2C[C@H]1C. The van der Waals surface area contributed by atoms with E-state index in [1.165, 1.54) is 0 Å². The van der Waals surface area contributed by atoms with Crippen LogP contribution in [0.2, 0.25) is 0 Å². The highest BCUT2D eigenvalue weighted by molar-refractivity contribution is 7.89. The lowest BCUT2D eigenvalue weighted by atomic mass is 10.1. The third-order valence-electron chi connectivity index (χ3n) is 7.13. The van der Waals surface area contributed by atoms with E-state index in [9.17, 15) is 13.2 Å². The van der Waals surface area contributed by atoms with E-state index in [0.717, 1.165) is 33.6 Å². The molecule has 1 saturated heterocycles. The lowest BCUT2D eigenvalue weighted by molar-refractivity contribution is -0.116. The number of anilines is 2. The molecule has 6 rings (SSSR count). The number of hydrogen-bond donors (Lipinski definition) is 0. The van der Waals surface area contributed by atoms with Gasteiger partial charge in [-0.2, -0.15) is 4.31 Å². The zero-order valence-electron chi connectivity index (χ0n) is 19.8. The van der Waals surface area contributed by atoms with Gasteiger partial charge in [0.15, 0.2) is 5.82 Å². The van der Waals surface area contributed by atoms with Crippen LogP contribution in [-0.2, 0) is 21.2 Å². The minimum Gasteiger partial charge on any atom is -0.352 e. The molecule has 0 N–H and O–H groups in total. The van der Waals surface area contributed by atoms with E-state index in [4.69, 9.17) is 4.98 Å². The van der Waals surface area contributed by atoms with Crippen molar-refractivity contribution in [1.29, 1.82) is 0 Å². The second kappa shape index (κ2) is 8.07. The molecule has 9 heteroatoms. The summed E-state index contributed by atoms with van der Waals surface area (Å²) >= 11 is 0. The molecule has 35 heavy (non-hydrogen) atoms. The number of carbonyl (C=O) groups is 1. The van der Waals surface area contributed by atoms with Crippen molar-refractivity contribution in [3.63, 3.8) is 0 Å². The Balaban J connectivity index is 1.25. The summed E-state index contributed by atoms with van der Waals surface area (Å²) in [4.78, 5) is 21.1. The molecule has 1 amide bonds. The summed E-state index contributed by atoms with van der Waals surface area (Å²) in [6, 6.07) is 17.3. The zero-order valence-corrected chi connectivity index (χ0v) is 20.6. The number of amides is 1. The normalized spacial score (nSPS) is 19.0. The molecular formula is C26H27N5O3S. The molecule has 0 saturated carbocycles. The van der Waals surface area contributed by atoms with Crippen LogP contribution in [0.25, 0.3) is 16.6 Å². The van der Waals surface area contributed by atoms with Gasteiger partial charge in [-0.3, -0.25) is 4.79 Å². The first-order chi connectivity index (χ1) is 16.8. The van der Waals surface area contributed by atoms with Gasteiger partial charge in [-0.1, -0.05) is 12.1 Å². The fourth-order valence-corrected chi connectivity index (χ4v) is 6.95. The highest BCUT2D eigenvalue weighted by Crippen LogP contribution is 2.35. The molecule has 180 valence electrons. The Kier molecular flexibility index (Phi) is 5.08. The van der Waals surface area contributed by atoms with Crippen molar-refractivity contribution in [2.45, 2.75) is 31.2 Å². The van der Waals surface area contributed by atoms with Crippen molar-refractivity contribution >= 4 is 44.0 Å². The van der Waals surface area contributed by atoms with Gasteiger partial charge in [-0.05, 0) is 61.4 Å². The predicted molar refractivity (Wildman–Crippen MR) is 136 cm³/mol. The zero-order chi connectivity index (χ0) is 24.3. The average molecular weight is 490 g/mol. The Morgan fingerprint density at radius 3 is 2.49 bits per heavy atom. The first-order valence-corrected chi connectivity index (χ1v) is 13.3. The number of rotatable bonds is 3. The number of para-hydroxylation sites is 2. The third-order valence-corrected chi connectivity index (χ3v) is 9.02. The second-order valence-electron chi connectivity index (χ2n) is 9.31. The molecule has 2 aromatic heterocycles. The number of aromatic nitrogens is 2. The monoisotopic (exact) mass is 489 g/mol. The summed E-state index contributed by atoms with van der Waals surface area (Å²) in [5.74, 6) is 0.851. The fraction of sp³-hybridized carbons (Fsp3) is 0.308. The van der Waals surface area contributed by atoms with Crippen LogP contribution in [0.1, 0.15) is 19.4 Å². The lowest BCUT2D eigenvalue weighted by Crippen LogP contribution is -2.49. The molecule has 1 atom stereocenters. The van der Waals surface area contributed by atoms with E-state index in [2.05, 4.69) is 15.4 Å². The van der Waals surface area contributed by atoms with Crippen LogP contribution in [-0.4, -0.2) is 60.2 Å². The summed E-state index contributed by atoms with van der Waals surface area (Å²) in [6.45, 7) is 5.42. The number of carbonyl (C=O) groups excluding carboxylic acids is 1. The minimum absolute atomic E-state index is 0.0256. The van der Waals surface area contributed by atoms with Gasteiger partial charge in [0.2, 0.25) is 15.9 Å². The number of fused-ring (bicyclic) bond motifs is 4. The quantitative estimate of drug-likeness (QED) is 0.441. The summed E-state index contributed by atoms with van der Waals surface area (Å²) < 4.78 is 30.7. The molecule has 1 fully saturated rings. The maximum Gasteiger partial charge on any atom is 0.243 e. The average Bonchev–Trinajstić information content (AvgIpc) is 3.47. The summed E-state index contributed by atoms with van der Waals surface area (Å²) in [5.41, 5.74) is 4.69. The van der Waals surface area contributed by atoms with E-state index in [-0.39, 0.29) is 11.9 Å². The molecule has 2 aliphatic heterocycles. The molecule has 0 spiro atoms. The molecule has 8 nitrogen and oxygen atoms in total. The van der Waals surface area contributed by atoms with E-state index in [0.29, 0.717) is 37.5 Å². The molecular weight excluding hydrogens is 462 g/mol. The van der Waals surface area contributed by atoms with Crippen LogP contribution < -0.4 is 9.80 Å². The van der Waals surface area contributed by atoms with E-state index < -0.39 is 10.0 Å². The summed E-state index contributed by atoms with van der Waals surface area (Å²) in [7, 11) is -3.63. The number of sulfonamides is 1. The number of piperazine rings is 1. The smallest absolute Gasteiger partial charge is 0.243 e. The van der Waals surface area contributed by atoms with Crippen molar-refractivity contribution in [3.8, 4) is 0 Å². The van der Waals surface area contributed by atoms with E-state index >= 15 is 0 Å². The fourth-order valence-electron chi connectivity index (χ4n) is 5.48. The largest absolute Gasteiger partial charge is 0.352 e. The van der Waals surface area contributed by atoms with Crippen LogP contribution in [0.3, 0.4) is 0 Å². The first-order valence-electron chi connectivity index (χ1n) is 11.9. The maximum atomic E-state index is 13.5. The Bertz CT molecular complexity index is 1570. The second-order valence-corrected chi connectivity index (χ2v) is 11.2. The van der Waals surface area contributed by atoms with Gasteiger partial charge >= 0.3 is 0 Å². The maximum absolute atomic E-state index is 13.5. The van der Waals surface area contributed by atoms with Crippen molar-refractivity contribution in [1.82, 2.24) is 13.7 Å². The molecule has 0 unspecified atom stereocenters. The predicted octanol–water partition coefficient (Wildman–Crippen LogP) is 3.30. The van der Waals surface area contributed by atoms with Crippen molar-refractivity contribution in [2.24, 2.45) is 0 Å². The van der Waals surface area contributed by atoms with Crippen molar-refractivity contribution in [3.05, 3.63) is 66.4 Å². The standard InChI is InChI=1S/C26H27N5O3S/c1-18-16-20-17-21(9-10-23(20)31(18)19(2)32)35(33,34)29-14-12-28(13-15-29)26-25-8-5-11-30(25)24-7-4-3-6-22(24)27-26/h3-11,17-18H,12-16H2,1-2H3/t18-/m1/s1. The van der Waals surface area contributed by atoms with Crippen LogP contribution in [0, 0.1) is 0 Å². The number of nitrogens with zero attached hydrogens (tertiary/aromatic N) is 5. The molecule has 4 aromatic rings. The van der Waals surface area contributed by atoms with Crippen LogP contribution in [0.4, 0.5) is 11.5 Å². The van der Waals surface area contributed by atoms with Crippen LogP contribution >= 0.6 is 0 Å². The number of benzene rings is 2. The molecule has 0 bridgehead atoms. The first kappa shape index (κ1) is 22.1. The Morgan fingerprint density at radius 2 is 1.71 bits per heavy atom. The van der Waals surface area contributed by atoms with Gasteiger partial charge in [0.05, 0.1) is 21.4 Å². The highest BCUT2D eigenvalue weighted by Gasteiger charge is 2.33. The van der Waals surface area contributed by atoms with Gasteiger partial charge in [-0.15, -0.1) is 0 Å². The van der Waals surface area contributed by atoms with Gasteiger partial charge in [0.1, 0.15) is 0 Å². The van der Waals surface area contributed by atoms with Crippen LogP contribution in [0.5, 0.6) is 0 Å². The van der Waals surface area contributed by atoms with E-state index in [1.54, 1.807) is 34.3 Å². The molecule has 4 heterocycles.